The van der Waals surface area contributed by atoms with Crippen LogP contribution in [-0.4, -0.2) is 4.57 Å². The van der Waals surface area contributed by atoms with E-state index in [1.165, 1.54) is 29.7 Å². The topological polar surface area (TPSA) is 17.3 Å². The fourth-order valence-corrected chi connectivity index (χ4v) is 4.07. The first kappa shape index (κ1) is 15.4. The Morgan fingerprint density at radius 3 is 2.42 bits per heavy atom. The number of thiazole rings is 1. The summed E-state index contributed by atoms with van der Waals surface area (Å²) in [7, 11) is 0. The molecule has 0 saturated heterocycles. The predicted octanol–water partition coefficient (Wildman–Crippen LogP) is 5.91. The molecular formula is C21H22N2S. The average Bonchev–Trinajstić information content (AvgIpc) is 3.36. The highest BCUT2D eigenvalue weighted by atomic mass is 32.1. The van der Waals surface area contributed by atoms with Crippen LogP contribution in [0.4, 0.5) is 5.69 Å². The van der Waals surface area contributed by atoms with Gasteiger partial charge in [0.1, 0.15) is 0 Å². The Balaban J connectivity index is 1.87. The maximum atomic E-state index is 5.05. The second-order valence-electron chi connectivity index (χ2n) is 6.70. The molecule has 122 valence electrons. The molecule has 0 amide bonds. The number of aromatic nitrogens is 1. The van der Waals surface area contributed by atoms with E-state index in [0.717, 1.165) is 10.5 Å². The monoisotopic (exact) mass is 334 g/mol. The first-order valence-corrected chi connectivity index (χ1v) is 9.51. The number of hydrogen-bond donors (Lipinski definition) is 0. The molecule has 0 radical (unpaired) electrons. The molecule has 1 aliphatic carbocycles. The van der Waals surface area contributed by atoms with Crippen molar-refractivity contribution in [1.29, 1.82) is 0 Å². The van der Waals surface area contributed by atoms with Crippen LogP contribution in [0.1, 0.15) is 44.2 Å². The van der Waals surface area contributed by atoms with Crippen LogP contribution < -0.4 is 4.80 Å². The summed E-state index contributed by atoms with van der Waals surface area (Å²) in [5, 5.41) is 2.25. The second kappa shape index (κ2) is 6.40. The van der Waals surface area contributed by atoms with Gasteiger partial charge >= 0.3 is 0 Å². The summed E-state index contributed by atoms with van der Waals surface area (Å²) in [6.45, 7) is 4.46. The van der Waals surface area contributed by atoms with Crippen LogP contribution >= 0.6 is 11.3 Å². The number of rotatable bonds is 4. The molecule has 3 aromatic rings. The largest absolute Gasteiger partial charge is 0.313 e. The number of para-hydroxylation sites is 1. The van der Waals surface area contributed by atoms with Gasteiger partial charge in [-0.15, -0.1) is 11.3 Å². The van der Waals surface area contributed by atoms with Gasteiger partial charge in [-0.05, 0) is 36.0 Å². The zero-order valence-corrected chi connectivity index (χ0v) is 15.0. The summed E-state index contributed by atoms with van der Waals surface area (Å²) in [5.41, 5.74) is 4.99. The highest BCUT2D eigenvalue weighted by Crippen LogP contribution is 2.38. The van der Waals surface area contributed by atoms with E-state index in [9.17, 15) is 0 Å². The van der Waals surface area contributed by atoms with Crippen molar-refractivity contribution in [2.24, 2.45) is 4.99 Å². The first-order chi connectivity index (χ1) is 11.7. The fourth-order valence-electron chi connectivity index (χ4n) is 3.09. The highest BCUT2D eigenvalue weighted by molar-refractivity contribution is 7.07. The van der Waals surface area contributed by atoms with Crippen molar-refractivity contribution in [3.8, 4) is 11.3 Å². The van der Waals surface area contributed by atoms with Crippen LogP contribution in [0, 0.1) is 0 Å². The highest BCUT2D eigenvalue weighted by Gasteiger charge is 2.27. The van der Waals surface area contributed by atoms with Gasteiger partial charge in [0, 0.05) is 11.4 Å². The molecule has 2 aromatic carbocycles. The van der Waals surface area contributed by atoms with Crippen LogP contribution in [0.2, 0.25) is 0 Å². The Kier molecular flexibility index (Phi) is 4.11. The Morgan fingerprint density at radius 2 is 1.71 bits per heavy atom. The van der Waals surface area contributed by atoms with Crippen molar-refractivity contribution in [2.45, 2.75) is 38.6 Å². The molecule has 0 N–H and O–H groups in total. The maximum Gasteiger partial charge on any atom is 0.190 e. The Morgan fingerprint density at radius 1 is 1.00 bits per heavy atom. The molecule has 1 aliphatic rings. The van der Waals surface area contributed by atoms with Gasteiger partial charge in [0.05, 0.1) is 11.4 Å². The van der Waals surface area contributed by atoms with Gasteiger partial charge in [-0.25, -0.2) is 4.99 Å². The van der Waals surface area contributed by atoms with Crippen LogP contribution in [0.15, 0.2) is 65.0 Å². The summed E-state index contributed by atoms with van der Waals surface area (Å²) in [4.78, 5) is 6.17. The Hall–Kier alpha value is -2.13. The third kappa shape index (κ3) is 2.96. The van der Waals surface area contributed by atoms with Crippen LogP contribution in [0.25, 0.3) is 11.3 Å². The molecule has 2 nitrogen and oxygen atoms in total. The summed E-state index contributed by atoms with van der Waals surface area (Å²) >= 11 is 1.75. The van der Waals surface area contributed by atoms with Gasteiger partial charge in [-0.2, -0.15) is 0 Å². The molecule has 4 rings (SSSR count). The third-order valence-electron chi connectivity index (χ3n) is 4.50. The molecule has 3 heteroatoms. The van der Waals surface area contributed by atoms with Crippen molar-refractivity contribution in [3.63, 3.8) is 0 Å². The molecule has 1 fully saturated rings. The molecule has 1 aromatic heterocycles. The lowest BCUT2D eigenvalue weighted by Gasteiger charge is -2.10. The summed E-state index contributed by atoms with van der Waals surface area (Å²) in [6.07, 6.45) is 2.52. The second-order valence-corrected chi connectivity index (χ2v) is 7.53. The first-order valence-electron chi connectivity index (χ1n) is 8.63. The van der Waals surface area contributed by atoms with Gasteiger partial charge in [0.2, 0.25) is 0 Å². The van der Waals surface area contributed by atoms with E-state index in [2.05, 4.69) is 78.4 Å². The zero-order valence-electron chi connectivity index (χ0n) is 14.1. The quantitative estimate of drug-likeness (QED) is 0.564. The fraction of sp³-hybridized carbons (Fsp3) is 0.286. The van der Waals surface area contributed by atoms with Crippen molar-refractivity contribution in [2.75, 3.05) is 0 Å². The van der Waals surface area contributed by atoms with Crippen molar-refractivity contribution in [1.82, 2.24) is 4.57 Å². The van der Waals surface area contributed by atoms with Gasteiger partial charge in [0.25, 0.3) is 0 Å². The van der Waals surface area contributed by atoms with Crippen LogP contribution in [0.3, 0.4) is 0 Å². The van der Waals surface area contributed by atoms with E-state index >= 15 is 0 Å². The summed E-state index contributed by atoms with van der Waals surface area (Å²) in [5.74, 6) is 0.480. The molecule has 1 heterocycles. The minimum absolute atomic E-state index is 0.480. The molecule has 0 spiro atoms. The molecule has 1 saturated carbocycles. The van der Waals surface area contributed by atoms with E-state index in [1.807, 2.05) is 0 Å². The molecule has 0 unspecified atom stereocenters. The number of hydrogen-bond acceptors (Lipinski definition) is 2. The lowest BCUT2D eigenvalue weighted by atomic mass is 10.0. The molecule has 0 atom stereocenters. The normalized spacial score (nSPS) is 15.2. The molecule has 0 bridgehead atoms. The lowest BCUT2D eigenvalue weighted by molar-refractivity contribution is 0.724. The maximum absolute atomic E-state index is 5.05. The minimum Gasteiger partial charge on any atom is -0.313 e. The molecular weight excluding hydrogens is 312 g/mol. The van der Waals surface area contributed by atoms with Crippen LogP contribution in [0.5, 0.6) is 0 Å². The van der Waals surface area contributed by atoms with Crippen molar-refractivity contribution >= 4 is 17.0 Å². The third-order valence-corrected chi connectivity index (χ3v) is 5.34. The van der Waals surface area contributed by atoms with E-state index in [-0.39, 0.29) is 0 Å². The number of nitrogens with zero attached hydrogens (tertiary/aromatic N) is 2. The van der Waals surface area contributed by atoms with E-state index in [4.69, 9.17) is 4.99 Å². The Labute approximate surface area is 147 Å². The van der Waals surface area contributed by atoms with Crippen molar-refractivity contribution < 1.29 is 0 Å². The molecule has 0 aliphatic heterocycles. The summed E-state index contributed by atoms with van der Waals surface area (Å²) in [6, 6.07) is 19.8. The van der Waals surface area contributed by atoms with Gasteiger partial charge in [-0.1, -0.05) is 62.4 Å². The van der Waals surface area contributed by atoms with Crippen molar-refractivity contribution in [3.05, 3.63) is 70.3 Å². The average molecular weight is 334 g/mol. The van der Waals surface area contributed by atoms with Gasteiger partial charge in [-0.3, -0.25) is 0 Å². The SMILES string of the molecule is CC(C)c1ccccc1N=c1scc(-c2ccccc2)n1C1CC1. The Bertz CT molecular complexity index is 899. The smallest absolute Gasteiger partial charge is 0.190 e. The summed E-state index contributed by atoms with van der Waals surface area (Å²) < 4.78 is 2.44. The minimum atomic E-state index is 0.480. The van der Waals surface area contributed by atoms with Crippen LogP contribution in [-0.2, 0) is 0 Å². The van der Waals surface area contributed by atoms with E-state index in [0.29, 0.717) is 12.0 Å². The zero-order chi connectivity index (χ0) is 16.5. The van der Waals surface area contributed by atoms with E-state index in [1.54, 1.807) is 11.3 Å². The van der Waals surface area contributed by atoms with Gasteiger partial charge < -0.3 is 4.57 Å². The number of benzene rings is 2. The van der Waals surface area contributed by atoms with E-state index < -0.39 is 0 Å². The van der Waals surface area contributed by atoms with Gasteiger partial charge in [0.15, 0.2) is 4.80 Å². The lowest BCUT2D eigenvalue weighted by Crippen LogP contribution is -2.14. The standard InChI is InChI=1S/C21H22N2S/c1-15(2)18-10-6-7-11-19(18)22-21-23(17-12-13-17)20(14-24-21)16-8-4-3-5-9-16/h3-11,14-15,17H,12-13H2,1-2H3. The molecule has 24 heavy (non-hydrogen) atoms. The predicted molar refractivity (Wildman–Crippen MR) is 102 cm³/mol.